The Morgan fingerprint density at radius 1 is 1.39 bits per heavy atom. The highest BCUT2D eigenvalue weighted by Gasteiger charge is 2.05. The minimum absolute atomic E-state index is 0.125. The lowest BCUT2D eigenvalue weighted by molar-refractivity contribution is 0.0995. The molecule has 0 radical (unpaired) electrons. The van der Waals surface area contributed by atoms with Gasteiger partial charge in [-0.1, -0.05) is 17.8 Å². The number of carbonyl (C=O) groups is 1. The fourth-order valence-corrected chi connectivity index (χ4v) is 2.00. The van der Waals surface area contributed by atoms with Crippen LogP contribution in [-0.4, -0.2) is 22.3 Å². The van der Waals surface area contributed by atoms with Gasteiger partial charge in [0.2, 0.25) is 0 Å². The quantitative estimate of drug-likeness (QED) is 0.386. The number of nitrogens with two attached hydrogens (primary N) is 1. The van der Waals surface area contributed by atoms with Gasteiger partial charge >= 0.3 is 0 Å². The molecule has 116 valence electrons. The normalized spacial score (nSPS) is 10.7. The van der Waals surface area contributed by atoms with Crippen molar-refractivity contribution in [2.24, 2.45) is 10.7 Å². The van der Waals surface area contributed by atoms with Gasteiger partial charge in [0.25, 0.3) is 5.91 Å². The van der Waals surface area contributed by atoms with Gasteiger partial charge in [-0.2, -0.15) is 5.26 Å². The standard InChI is InChI=1S/C15H13N5O2S/c1-23-15(19-9-16)20-10-3-2-4-11(7-10)22-12-5-6-18-13(8-12)14(17)21/h2-8H,1H3,(H2,17,21)(H,19,20). The van der Waals surface area contributed by atoms with Crippen molar-refractivity contribution in [3.8, 4) is 17.7 Å². The van der Waals surface area contributed by atoms with E-state index in [4.69, 9.17) is 15.7 Å². The molecular formula is C15H13N5O2S. The summed E-state index contributed by atoms with van der Waals surface area (Å²) in [5, 5.41) is 11.6. The second kappa shape index (κ2) is 7.82. The van der Waals surface area contributed by atoms with Crippen LogP contribution in [0.5, 0.6) is 11.5 Å². The largest absolute Gasteiger partial charge is 0.457 e. The molecule has 1 aromatic heterocycles. The minimum Gasteiger partial charge on any atom is -0.457 e. The summed E-state index contributed by atoms with van der Waals surface area (Å²) in [4.78, 5) is 19.3. The van der Waals surface area contributed by atoms with Gasteiger partial charge in [-0.25, -0.2) is 4.99 Å². The molecule has 3 N–H and O–H groups in total. The Labute approximate surface area is 137 Å². The van der Waals surface area contributed by atoms with Crippen molar-refractivity contribution in [3.63, 3.8) is 0 Å². The molecule has 0 unspecified atom stereocenters. The van der Waals surface area contributed by atoms with E-state index in [2.05, 4.69) is 15.3 Å². The number of nitrogens with one attached hydrogen (secondary N) is 1. The van der Waals surface area contributed by atoms with Gasteiger partial charge in [0.05, 0.1) is 5.69 Å². The summed E-state index contributed by atoms with van der Waals surface area (Å²) in [5.74, 6) is 0.349. The number of pyridine rings is 1. The van der Waals surface area contributed by atoms with Crippen molar-refractivity contribution in [3.05, 3.63) is 48.3 Å². The Hall–Kier alpha value is -3.05. The number of ether oxygens (including phenoxy) is 1. The van der Waals surface area contributed by atoms with E-state index in [0.29, 0.717) is 22.4 Å². The predicted octanol–water partition coefficient (Wildman–Crippen LogP) is 2.39. The Morgan fingerprint density at radius 2 is 2.17 bits per heavy atom. The number of aromatic nitrogens is 1. The summed E-state index contributed by atoms with van der Waals surface area (Å²) in [5.41, 5.74) is 5.94. The molecule has 0 spiro atoms. The van der Waals surface area contributed by atoms with Gasteiger partial charge in [0, 0.05) is 18.3 Å². The number of thioether (sulfide) groups is 1. The van der Waals surface area contributed by atoms with Crippen molar-refractivity contribution in [2.45, 2.75) is 0 Å². The first kappa shape index (κ1) is 16.3. The molecule has 2 aromatic rings. The molecular weight excluding hydrogens is 314 g/mol. The molecule has 0 aliphatic rings. The van der Waals surface area contributed by atoms with E-state index in [9.17, 15) is 4.79 Å². The summed E-state index contributed by atoms with van der Waals surface area (Å²) < 4.78 is 5.68. The van der Waals surface area contributed by atoms with E-state index in [1.807, 2.05) is 12.4 Å². The van der Waals surface area contributed by atoms with Crippen LogP contribution in [0.3, 0.4) is 0 Å². The van der Waals surface area contributed by atoms with Crippen LogP contribution in [0.2, 0.25) is 0 Å². The molecule has 0 saturated heterocycles. The highest BCUT2D eigenvalue weighted by molar-refractivity contribution is 8.13. The molecule has 7 nitrogen and oxygen atoms in total. The lowest BCUT2D eigenvalue weighted by Gasteiger charge is -2.07. The fourth-order valence-electron chi connectivity index (χ4n) is 1.65. The van der Waals surface area contributed by atoms with Crippen LogP contribution >= 0.6 is 11.8 Å². The summed E-state index contributed by atoms with van der Waals surface area (Å²) in [6.07, 6.45) is 5.08. The highest BCUT2D eigenvalue weighted by atomic mass is 32.2. The number of amides is 1. The number of aliphatic imine (C=N–C) groups is 1. The number of amidine groups is 1. The zero-order chi connectivity index (χ0) is 16.7. The van der Waals surface area contributed by atoms with Crippen LogP contribution in [0.15, 0.2) is 47.6 Å². The molecule has 0 atom stereocenters. The van der Waals surface area contributed by atoms with Crippen LogP contribution in [0.4, 0.5) is 5.69 Å². The molecule has 0 aliphatic carbocycles. The second-order valence-corrected chi connectivity index (χ2v) is 4.99. The van der Waals surface area contributed by atoms with Crippen LogP contribution in [-0.2, 0) is 0 Å². The Balaban J connectivity index is 2.22. The maximum absolute atomic E-state index is 11.1. The first-order valence-corrected chi connectivity index (χ1v) is 7.66. The maximum Gasteiger partial charge on any atom is 0.267 e. The third-order valence-corrected chi connectivity index (χ3v) is 3.20. The summed E-state index contributed by atoms with van der Waals surface area (Å²) in [6, 6.07) is 10.1. The number of primary amides is 1. The monoisotopic (exact) mass is 327 g/mol. The van der Waals surface area contributed by atoms with Crippen molar-refractivity contribution in [2.75, 3.05) is 6.26 Å². The minimum atomic E-state index is -0.624. The molecule has 0 fully saturated rings. The lowest BCUT2D eigenvalue weighted by Crippen LogP contribution is -2.12. The molecule has 8 heteroatoms. The smallest absolute Gasteiger partial charge is 0.267 e. The molecule has 0 saturated carbocycles. The third kappa shape index (κ3) is 4.72. The molecule has 0 aliphatic heterocycles. The van der Waals surface area contributed by atoms with Crippen molar-refractivity contribution < 1.29 is 9.53 Å². The van der Waals surface area contributed by atoms with E-state index in [1.165, 1.54) is 24.0 Å². The number of nitrogens with zero attached hydrogens (tertiary/aromatic N) is 3. The van der Waals surface area contributed by atoms with Crippen molar-refractivity contribution in [1.29, 1.82) is 5.26 Å². The summed E-state index contributed by atoms with van der Waals surface area (Å²) >= 11 is 1.32. The zero-order valence-corrected chi connectivity index (χ0v) is 13.0. The van der Waals surface area contributed by atoms with Crippen molar-refractivity contribution in [1.82, 2.24) is 10.3 Å². The van der Waals surface area contributed by atoms with Crippen LogP contribution in [0.25, 0.3) is 0 Å². The van der Waals surface area contributed by atoms with Gasteiger partial charge in [-0.3, -0.25) is 15.1 Å². The van der Waals surface area contributed by atoms with Gasteiger partial charge in [-0.05, 0) is 24.5 Å². The van der Waals surface area contributed by atoms with Gasteiger partial charge in [-0.15, -0.1) is 0 Å². The molecule has 0 bridgehead atoms. The number of rotatable bonds is 4. The first-order chi connectivity index (χ1) is 11.1. The summed E-state index contributed by atoms with van der Waals surface area (Å²) in [6.45, 7) is 0. The number of benzene rings is 1. The Morgan fingerprint density at radius 3 is 2.87 bits per heavy atom. The number of hydrogen-bond donors (Lipinski definition) is 2. The van der Waals surface area contributed by atoms with E-state index >= 15 is 0 Å². The molecule has 2 rings (SSSR count). The molecule has 1 aromatic carbocycles. The fraction of sp³-hybridized carbons (Fsp3) is 0.0667. The summed E-state index contributed by atoms with van der Waals surface area (Å²) in [7, 11) is 0. The van der Waals surface area contributed by atoms with Gasteiger partial charge in [0.1, 0.15) is 17.2 Å². The maximum atomic E-state index is 11.1. The van der Waals surface area contributed by atoms with E-state index < -0.39 is 5.91 Å². The average molecular weight is 327 g/mol. The molecule has 1 heterocycles. The van der Waals surface area contributed by atoms with Crippen LogP contribution < -0.4 is 15.8 Å². The SMILES string of the molecule is CSC(=Nc1cccc(Oc2ccnc(C(N)=O)c2)c1)NC#N. The average Bonchev–Trinajstić information content (AvgIpc) is 2.55. The zero-order valence-electron chi connectivity index (χ0n) is 12.2. The third-order valence-electron chi connectivity index (χ3n) is 2.62. The second-order valence-electron chi connectivity index (χ2n) is 4.20. The number of carbonyl (C=O) groups excluding carboxylic acids is 1. The van der Waals surface area contributed by atoms with Gasteiger partial charge < -0.3 is 10.5 Å². The van der Waals surface area contributed by atoms with E-state index in [0.717, 1.165) is 0 Å². The Bertz CT molecular complexity index is 785. The molecule has 23 heavy (non-hydrogen) atoms. The topological polar surface area (TPSA) is 113 Å². The molecule has 1 amide bonds. The van der Waals surface area contributed by atoms with E-state index in [-0.39, 0.29) is 5.69 Å². The predicted molar refractivity (Wildman–Crippen MR) is 88.6 cm³/mol. The van der Waals surface area contributed by atoms with Gasteiger partial charge in [0.15, 0.2) is 11.4 Å². The Kier molecular flexibility index (Phi) is 5.55. The van der Waals surface area contributed by atoms with E-state index in [1.54, 1.807) is 30.3 Å². The van der Waals surface area contributed by atoms with Crippen LogP contribution in [0.1, 0.15) is 10.5 Å². The number of hydrogen-bond acceptors (Lipinski definition) is 6. The first-order valence-electron chi connectivity index (χ1n) is 6.44. The number of nitriles is 1. The van der Waals surface area contributed by atoms with Crippen LogP contribution in [0, 0.1) is 11.5 Å². The van der Waals surface area contributed by atoms with Crippen molar-refractivity contribution >= 4 is 28.5 Å². The lowest BCUT2D eigenvalue weighted by atomic mass is 10.3. The highest BCUT2D eigenvalue weighted by Crippen LogP contribution is 2.26.